The van der Waals surface area contributed by atoms with Gasteiger partial charge in [-0.3, -0.25) is 10.1 Å². The number of aryl methyl sites for hydroxylation is 4. The van der Waals surface area contributed by atoms with Crippen molar-refractivity contribution in [3.8, 4) is 0 Å². The summed E-state index contributed by atoms with van der Waals surface area (Å²) in [6.45, 7) is 7.61. The zero-order valence-electron chi connectivity index (χ0n) is 13.6. The van der Waals surface area contributed by atoms with Crippen LogP contribution in [0.25, 0.3) is 0 Å². The smallest absolute Gasteiger partial charge is 0.274 e. The molecular formula is C17H19N3O2S. The van der Waals surface area contributed by atoms with Crippen LogP contribution in [0.3, 0.4) is 0 Å². The Balaban J connectivity index is 2.22. The summed E-state index contributed by atoms with van der Waals surface area (Å²) in [5.41, 5.74) is 5.36. The fourth-order valence-electron chi connectivity index (χ4n) is 2.32. The summed E-state index contributed by atoms with van der Waals surface area (Å²) >= 11 is 5.33. The molecule has 0 atom stereocenters. The van der Waals surface area contributed by atoms with Crippen LogP contribution >= 0.6 is 12.2 Å². The van der Waals surface area contributed by atoms with Crippen LogP contribution in [-0.2, 0) is 0 Å². The molecule has 0 unspecified atom stereocenters. The SMILES string of the molecule is Cc1ccc(C)c(NC(=S)Nc2cc([N+](=O)[O-])c(C)cc2C)c1. The lowest BCUT2D eigenvalue weighted by atomic mass is 10.1. The van der Waals surface area contributed by atoms with Gasteiger partial charge in [-0.05, 0) is 68.7 Å². The van der Waals surface area contributed by atoms with Crippen LogP contribution < -0.4 is 10.6 Å². The summed E-state index contributed by atoms with van der Waals surface area (Å²) in [5, 5.41) is 17.7. The van der Waals surface area contributed by atoms with E-state index in [1.54, 1.807) is 13.0 Å². The van der Waals surface area contributed by atoms with Gasteiger partial charge < -0.3 is 10.6 Å². The highest BCUT2D eigenvalue weighted by Crippen LogP contribution is 2.26. The zero-order chi connectivity index (χ0) is 17.1. The van der Waals surface area contributed by atoms with E-state index in [9.17, 15) is 10.1 Å². The highest BCUT2D eigenvalue weighted by Gasteiger charge is 2.14. The number of hydrogen-bond donors (Lipinski definition) is 2. The van der Waals surface area contributed by atoms with Crippen LogP contribution in [0, 0.1) is 37.8 Å². The lowest BCUT2D eigenvalue weighted by molar-refractivity contribution is -0.385. The van der Waals surface area contributed by atoms with Gasteiger partial charge in [0.2, 0.25) is 0 Å². The minimum absolute atomic E-state index is 0.0765. The molecule has 2 aromatic rings. The largest absolute Gasteiger partial charge is 0.332 e. The van der Waals surface area contributed by atoms with Crippen molar-refractivity contribution in [3.63, 3.8) is 0 Å². The van der Waals surface area contributed by atoms with E-state index in [0.29, 0.717) is 16.4 Å². The molecule has 0 radical (unpaired) electrons. The minimum atomic E-state index is -0.388. The molecule has 0 bridgehead atoms. The highest BCUT2D eigenvalue weighted by atomic mass is 32.1. The van der Waals surface area contributed by atoms with Crippen LogP contribution in [0.1, 0.15) is 22.3 Å². The number of nitro groups is 1. The molecule has 0 fully saturated rings. The predicted octanol–water partition coefficient (Wildman–Crippen LogP) is 4.64. The van der Waals surface area contributed by atoms with E-state index >= 15 is 0 Å². The molecule has 2 N–H and O–H groups in total. The maximum atomic E-state index is 11.1. The van der Waals surface area contributed by atoms with E-state index in [-0.39, 0.29) is 10.6 Å². The van der Waals surface area contributed by atoms with Crippen molar-refractivity contribution >= 4 is 34.4 Å². The summed E-state index contributed by atoms with van der Waals surface area (Å²) in [5.74, 6) is 0. The number of benzene rings is 2. The molecule has 120 valence electrons. The van der Waals surface area contributed by atoms with Crippen molar-refractivity contribution in [1.29, 1.82) is 0 Å². The average molecular weight is 329 g/mol. The number of rotatable bonds is 3. The Labute approximate surface area is 140 Å². The topological polar surface area (TPSA) is 67.2 Å². The minimum Gasteiger partial charge on any atom is -0.332 e. The molecular weight excluding hydrogens is 310 g/mol. The van der Waals surface area contributed by atoms with Crippen molar-refractivity contribution < 1.29 is 4.92 Å². The standard InChI is InChI=1S/C17H19N3O2S/c1-10-5-6-11(2)14(7-10)18-17(23)19-15-9-16(20(21)22)13(4)8-12(15)3/h5-9H,1-4H3,(H2,18,19,23). The second kappa shape index (κ2) is 6.75. The molecule has 0 aliphatic carbocycles. The molecule has 0 aliphatic rings. The van der Waals surface area contributed by atoms with E-state index in [2.05, 4.69) is 10.6 Å². The third-order valence-electron chi connectivity index (χ3n) is 3.63. The first-order valence-electron chi connectivity index (χ1n) is 7.19. The summed E-state index contributed by atoms with van der Waals surface area (Å²) in [6.07, 6.45) is 0. The van der Waals surface area contributed by atoms with Gasteiger partial charge in [0.05, 0.1) is 10.6 Å². The third kappa shape index (κ3) is 4.04. The fourth-order valence-corrected chi connectivity index (χ4v) is 2.54. The van der Waals surface area contributed by atoms with Gasteiger partial charge in [-0.2, -0.15) is 0 Å². The van der Waals surface area contributed by atoms with Crippen LogP contribution in [0.4, 0.5) is 17.1 Å². The van der Waals surface area contributed by atoms with Crippen molar-refractivity contribution in [2.75, 3.05) is 10.6 Å². The highest BCUT2D eigenvalue weighted by molar-refractivity contribution is 7.80. The maximum absolute atomic E-state index is 11.1. The molecule has 0 spiro atoms. The normalized spacial score (nSPS) is 10.3. The lowest BCUT2D eigenvalue weighted by Crippen LogP contribution is -2.20. The van der Waals surface area contributed by atoms with Crippen molar-refractivity contribution in [3.05, 3.63) is 62.7 Å². The van der Waals surface area contributed by atoms with Gasteiger partial charge in [-0.25, -0.2) is 0 Å². The molecule has 2 aromatic carbocycles. The Morgan fingerprint density at radius 2 is 1.57 bits per heavy atom. The molecule has 5 nitrogen and oxygen atoms in total. The first kappa shape index (κ1) is 16.9. The molecule has 23 heavy (non-hydrogen) atoms. The average Bonchev–Trinajstić information content (AvgIpc) is 2.45. The molecule has 0 saturated carbocycles. The number of nitrogens with one attached hydrogen (secondary N) is 2. The monoisotopic (exact) mass is 329 g/mol. The van der Waals surface area contributed by atoms with Crippen molar-refractivity contribution in [2.24, 2.45) is 0 Å². The van der Waals surface area contributed by atoms with E-state index in [4.69, 9.17) is 12.2 Å². The van der Waals surface area contributed by atoms with Gasteiger partial charge in [0.1, 0.15) is 0 Å². The Kier molecular flexibility index (Phi) is 4.95. The molecule has 0 saturated heterocycles. The predicted molar refractivity (Wildman–Crippen MR) is 98.3 cm³/mol. The Bertz CT molecular complexity index is 788. The Morgan fingerprint density at radius 1 is 0.957 bits per heavy atom. The zero-order valence-corrected chi connectivity index (χ0v) is 14.4. The molecule has 0 amide bonds. The first-order chi connectivity index (χ1) is 10.8. The summed E-state index contributed by atoms with van der Waals surface area (Å²) in [6, 6.07) is 9.35. The number of nitrogens with zero attached hydrogens (tertiary/aromatic N) is 1. The number of thiocarbonyl (C=S) groups is 1. The first-order valence-corrected chi connectivity index (χ1v) is 7.59. The van der Waals surface area contributed by atoms with Crippen LogP contribution in [0.5, 0.6) is 0 Å². The summed E-state index contributed by atoms with van der Waals surface area (Å²) in [7, 11) is 0. The Hall–Kier alpha value is -2.47. The van der Waals surface area contributed by atoms with Gasteiger partial charge >= 0.3 is 0 Å². The quantitative estimate of drug-likeness (QED) is 0.488. The van der Waals surface area contributed by atoms with Crippen LogP contribution in [0.15, 0.2) is 30.3 Å². The van der Waals surface area contributed by atoms with E-state index < -0.39 is 0 Å². The van der Waals surface area contributed by atoms with Gasteiger partial charge in [-0.1, -0.05) is 12.1 Å². The van der Waals surface area contributed by atoms with E-state index in [0.717, 1.165) is 22.4 Å². The molecule has 0 heterocycles. The van der Waals surface area contributed by atoms with Crippen LogP contribution in [-0.4, -0.2) is 10.0 Å². The second-order valence-corrected chi connectivity index (χ2v) is 6.02. The van der Waals surface area contributed by atoms with E-state index in [1.807, 2.05) is 39.0 Å². The number of hydrogen-bond acceptors (Lipinski definition) is 3. The lowest BCUT2D eigenvalue weighted by Gasteiger charge is -2.15. The second-order valence-electron chi connectivity index (χ2n) is 5.61. The van der Waals surface area contributed by atoms with Crippen molar-refractivity contribution in [2.45, 2.75) is 27.7 Å². The van der Waals surface area contributed by atoms with Gasteiger partial charge in [-0.15, -0.1) is 0 Å². The van der Waals surface area contributed by atoms with Crippen LogP contribution in [0.2, 0.25) is 0 Å². The number of anilines is 2. The van der Waals surface area contributed by atoms with Gasteiger partial charge in [0.15, 0.2) is 5.11 Å². The van der Waals surface area contributed by atoms with Crippen molar-refractivity contribution in [1.82, 2.24) is 0 Å². The molecule has 0 aromatic heterocycles. The summed E-state index contributed by atoms with van der Waals surface area (Å²) < 4.78 is 0. The van der Waals surface area contributed by atoms with Gasteiger partial charge in [0, 0.05) is 17.3 Å². The molecule has 6 heteroatoms. The number of nitro benzene ring substituents is 1. The molecule has 0 aliphatic heterocycles. The Morgan fingerprint density at radius 3 is 2.17 bits per heavy atom. The fraction of sp³-hybridized carbons (Fsp3) is 0.235. The molecule has 2 rings (SSSR count). The van der Waals surface area contributed by atoms with E-state index in [1.165, 1.54) is 6.07 Å². The third-order valence-corrected chi connectivity index (χ3v) is 3.83. The summed E-state index contributed by atoms with van der Waals surface area (Å²) in [4.78, 5) is 10.7. The van der Waals surface area contributed by atoms with Gasteiger partial charge in [0.25, 0.3) is 5.69 Å². The maximum Gasteiger partial charge on any atom is 0.274 e.